The molecular weight excluding hydrogens is 209 g/mol. The molecule has 0 spiro atoms. The van der Waals surface area contributed by atoms with Crippen LogP contribution in [0.3, 0.4) is 0 Å². The second-order valence-corrected chi connectivity index (χ2v) is 4.73. The molecule has 1 rings (SSSR count). The Kier molecular flexibility index (Phi) is 2.74. The van der Waals surface area contributed by atoms with Gasteiger partial charge in [-0.2, -0.15) is 0 Å². The maximum absolute atomic E-state index is 11.2. The average Bonchev–Trinajstić information content (AvgIpc) is 1.94. The van der Waals surface area contributed by atoms with Gasteiger partial charge in [0.15, 0.2) is 0 Å². The number of hydrogen-bond acceptors (Lipinski definition) is 1. The van der Waals surface area contributed by atoms with Gasteiger partial charge in [-0.15, -0.1) is 0 Å². The highest BCUT2D eigenvalue weighted by Crippen LogP contribution is 2.27. The van der Waals surface area contributed by atoms with Gasteiger partial charge in [0.25, 0.3) is 5.56 Å². The number of aromatic amines is 1. The quantitative estimate of drug-likeness (QED) is 0.716. The molecule has 1 aromatic rings. The molecule has 1 heterocycles. The Labute approximate surface area is 86.9 Å². The molecule has 0 aliphatic carbocycles. The normalized spacial score (nSPS) is 11.8. The van der Waals surface area contributed by atoms with Crippen LogP contribution in [0.15, 0.2) is 10.9 Å². The minimum atomic E-state index is -0.295. The smallest absolute Gasteiger partial charge is 0.267 e. The first-order valence-electron chi connectivity index (χ1n) is 3.91. The highest BCUT2D eigenvalue weighted by atomic mass is 35.5. The lowest BCUT2D eigenvalue weighted by Gasteiger charge is -2.19. The Balaban J connectivity index is 3.41. The van der Waals surface area contributed by atoms with Gasteiger partial charge in [0, 0.05) is 11.1 Å². The number of aromatic nitrogens is 1. The number of rotatable bonds is 0. The number of halogens is 2. The van der Waals surface area contributed by atoms with E-state index in [2.05, 4.69) is 4.98 Å². The molecule has 13 heavy (non-hydrogen) atoms. The summed E-state index contributed by atoms with van der Waals surface area (Å²) in [6, 6.07) is 1.47. The van der Waals surface area contributed by atoms with Crippen molar-refractivity contribution in [2.24, 2.45) is 0 Å². The van der Waals surface area contributed by atoms with E-state index < -0.39 is 0 Å². The summed E-state index contributed by atoms with van der Waals surface area (Å²) in [6.07, 6.45) is 0. The SMILES string of the molecule is CC(C)(C)c1[nH]c(=O)c(Cl)cc1Cl. The Morgan fingerprint density at radius 2 is 1.77 bits per heavy atom. The van der Waals surface area contributed by atoms with Gasteiger partial charge < -0.3 is 4.98 Å². The van der Waals surface area contributed by atoms with E-state index in [1.54, 1.807) is 0 Å². The molecule has 0 saturated carbocycles. The third-order valence-electron chi connectivity index (χ3n) is 1.70. The maximum Gasteiger partial charge on any atom is 0.267 e. The zero-order valence-electron chi connectivity index (χ0n) is 7.74. The lowest BCUT2D eigenvalue weighted by Crippen LogP contribution is -2.20. The zero-order chi connectivity index (χ0) is 10.2. The highest BCUT2D eigenvalue weighted by Gasteiger charge is 2.19. The molecule has 0 radical (unpaired) electrons. The van der Waals surface area contributed by atoms with Crippen LogP contribution in [0.25, 0.3) is 0 Å². The van der Waals surface area contributed by atoms with Crippen molar-refractivity contribution in [3.63, 3.8) is 0 Å². The fourth-order valence-corrected chi connectivity index (χ4v) is 1.68. The molecule has 0 aromatic carbocycles. The molecule has 0 fully saturated rings. The fraction of sp³-hybridized carbons (Fsp3) is 0.444. The highest BCUT2D eigenvalue weighted by molar-refractivity contribution is 6.34. The van der Waals surface area contributed by atoms with Gasteiger partial charge in [0.1, 0.15) is 5.02 Å². The van der Waals surface area contributed by atoms with Crippen molar-refractivity contribution in [3.05, 3.63) is 32.2 Å². The number of H-pyrrole nitrogens is 1. The van der Waals surface area contributed by atoms with E-state index >= 15 is 0 Å². The monoisotopic (exact) mass is 219 g/mol. The fourth-order valence-electron chi connectivity index (χ4n) is 1.03. The van der Waals surface area contributed by atoms with Gasteiger partial charge in [-0.1, -0.05) is 44.0 Å². The minimum absolute atomic E-state index is 0.123. The molecule has 1 aromatic heterocycles. The standard InChI is InChI=1S/C9H11Cl2NO/c1-9(2,3)7-5(10)4-6(11)8(13)12-7/h4H,1-3H3,(H,12,13). The van der Waals surface area contributed by atoms with Crippen LogP contribution in [0.2, 0.25) is 10.0 Å². The predicted molar refractivity (Wildman–Crippen MR) is 55.8 cm³/mol. The van der Waals surface area contributed by atoms with E-state index in [4.69, 9.17) is 23.2 Å². The van der Waals surface area contributed by atoms with Gasteiger partial charge >= 0.3 is 0 Å². The molecule has 72 valence electrons. The van der Waals surface area contributed by atoms with E-state index in [-0.39, 0.29) is 16.0 Å². The van der Waals surface area contributed by atoms with Crippen molar-refractivity contribution >= 4 is 23.2 Å². The third kappa shape index (κ3) is 2.26. The summed E-state index contributed by atoms with van der Waals surface area (Å²) in [7, 11) is 0. The summed E-state index contributed by atoms with van der Waals surface area (Å²) < 4.78 is 0. The zero-order valence-corrected chi connectivity index (χ0v) is 9.25. The van der Waals surface area contributed by atoms with E-state index in [1.807, 2.05) is 20.8 Å². The van der Waals surface area contributed by atoms with E-state index in [0.29, 0.717) is 10.7 Å². The summed E-state index contributed by atoms with van der Waals surface area (Å²) in [5, 5.41) is 0.620. The van der Waals surface area contributed by atoms with Gasteiger partial charge in [-0.3, -0.25) is 4.79 Å². The van der Waals surface area contributed by atoms with Gasteiger partial charge in [-0.25, -0.2) is 0 Å². The van der Waals surface area contributed by atoms with Crippen LogP contribution in [0.5, 0.6) is 0 Å². The second kappa shape index (κ2) is 3.35. The first kappa shape index (κ1) is 10.6. The van der Waals surface area contributed by atoms with Crippen molar-refractivity contribution in [1.29, 1.82) is 0 Å². The van der Waals surface area contributed by atoms with E-state index in [9.17, 15) is 4.79 Å². The first-order chi connectivity index (χ1) is 5.82. The Morgan fingerprint density at radius 1 is 1.23 bits per heavy atom. The lowest BCUT2D eigenvalue weighted by molar-refractivity contribution is 0.567. The Hall–Kier alpha value is -0.470. The van der Waals surface area contributed by atoms with Crippen LogP contribution in [-0.4, -0.2) is 4.98 Å². The van der Waals surface area contributed by atoms with Crippen LogP contribution < -0.4 is 5.56 Å². The molecule has 0 aliphatic heterocycles. The number of nitrogens with one attached hydrogen (secondary N) is 1. The third-order valence-corrected chi connectivity index (χ3v) is 2.28. The molecular formula is C9H11Cl2NO. The molecule has 2 nitrogen and oxygen atoms in total. The molecule has 0 aliphatic rings. The molecule has 0 saturated heterocycles. The van der Waals surface area contributed by atoms with Crippen LogP contribution in [-0.2, 0) is 5.41 Å². The Morgan fingerprint density at radius 3 is 2.23 bits per heavy atom. The first-order valence-corrected chi connectivity index (χ1v) is 4.67. The van der Waals surface area contributed by atoms with Gasteiger partial charge in [0.2, 0.25) is 0 Å². The summed E-state index contributed by atoms with van der Waals surface area (Å²) >= 11 is 11.5. The van der Waals surface area contributed by atoms with E-state index in [1.165, 1.54) is 6.07 Å². The van der Waals surface area contributed by atoms with Crippen molar-refractivity contribution in [2.45, 2.75) is 26.2 Å². The van der Waals surface area contributed by atoms with Gasteiger partial charge in [-0.05, 0) is 6.07 Å². The number of hydrogen-bond donors (Lipinski definition) is 1. The van der Waals surface area contributed by atoms with Crippen LogP contribution >= 0.6 is 23.2 Å². The van der Waals surface area contributed by atoms with Crippen LogP contribution in [0.4, 0.5) is 0 Å². The maximum atomic E-state index is 11.2. The lowest BCUT2D eigenvalue weighted by atomic mass is 9.92. The minimum Gasteiger partial charge on any atom is -0.323 e. The van der Waals surface area contributed by atoms with Crippen LogP contribution in [0.1, 0.15) is 26.5 Å². The average molecular weight is 220 g/mol. The van der Waals surface area contributed by atoms with Crippen molar-refractivity contribution in [3.8, 4) is 0 Å². The number of pyridine rings is 1. The van der Waals surface area contributed by atoms with Crippen LogP contribution in [0, 0.1) is 0 Å². The molecule has 0 bridgehead atoms. The molecule has 0 amide bonds. The second-order valence-electron chi connectivity index (χ2n) is 3.92. The van der Waals surface area contributed by atoms with Gasteiger partial charge in [0.05, 0.1) is 5.02 Å². The summed E-state index contributed by atoms with van der Waals surface area (Å²) in [5.74, 6) is 0. The molecule has 0 atom stereocenters. The van der Waals surface area contributed by atoms with Crippen molar-refractivity contribution < 1.29 is 0 Å². The van der Waals surface area contributed by atoms with Crippen molar-refractivity contribution in [1.82, 2.24) is 4.98 Å². The van der Waals surface area contributed by atoms with Crippen molar-refractivity contribution in [2.75, 3.05) is 0 Å². The molecule has 1 N–H and O–H groups in total. The summed E-state index contributed by atoms with van der Waals surface area (Å²) in [5.41, 5.74) is 0.237. The topological polar surface area (TPSA) is 32.9 Å². The largest absolute Gasteiger partial charge is 0.323 e. The predicted octanol–water partition coefficient (Wildman–Crippen LogP) is 2.98. The van der Waals surface area contributed by atoms with E-state index in [0.717, 1.165) is 0 Å². The molecule has 4 heteroatoms. The molecule has 0 unspecified atom stereocenters. The summed E-state index contributed by atoms with van der Waals surface area (Å²) in [6.45, 7) is 5.91. The Bertz CT molecular complexity index is 376. The summed E-state index contributed by atoms with van der Waals surface area (Å²) in [4.78, 5) is 13.9.